The van der Waals surface area contributed by atoms with Gasteiger partial charge in [0.05, 0.1) is 12.5 Å². The van der Waals surface area contributed by atoms with Crippen LogP contribution in [0.3, 0.4) is 0 Å². The molecule has 0 bridgehead atoms. The van der Waals surface area contributed by atoms with E-state index in [4.69, 9.17) is 11.6 Å². The van der Waals surface area contributed by atoms with Crippen molar-refractivity contribution in [2.45, 2.75) is 18.2 Å². The van der Waals surface area contributed by atoms with Crippen LogP contribution >= 0.6 is 23.4 Å². The number of thioether (sulfide) groups is 1. The Morgan fingerprint density at radius 1 is 1.23 bits per heavy atom. The highest BCUT2D eigenvalue weighted by molar-refractivity contribution is 7.99. The van der Waals surface area contributed by atoms with E-state index in [0.29, 0.717) is 0 Å². The molecule has 1 aliphatic heterocycles. The van der Waals surface area contributed by atoms with Crippen molar-refractivity contribution >= 4 is 23.4 Å². The van der Waals surface area contributed by atoms with Gasteiger partial charge in [0.1, 0.15) is 0 Å². The van der Waals surface area contributed by atoms with Gasteiger partial charge in [0, 0.05) is 17.1 Å². The summed E-state index contributed by atoms with van der Waals surface area (Å²) >= 11 is 7.71. The second-order valence-corrected chi connectivity index (χ2v) is 7.06. The first-order chi connectivity index (χ1) is 10.6. The molecule has 22 heavy (non-hydrogen) atoms. The molecule has 0 spiro atoms. The second kappa shape index (κ2) is 7.00. The van der Waals surface area contributed by atoms with Crippen molar-refractivity contribution in [1.29, 1.82) is 0 Å². The van der Waals surface area contributed by atoms with Crippen molar-refractivity contribution in [3.05, 3.63) is 29.3 Å². The van der Waals surface area contributed by atoms with Crippen LogP contribution in [0.5, 0.6) is 0 Å². The van der Waals surface area contributed by atoms with Crippen LogP contribution in [0.25, 0.3) is 11.4 Å². The first-order valence-corrected chi connectivity index (χ1v) is 8.69. The fourth-order valence-corrected chi connectivity index (χ4v) is 3.50. The van der Waals surface area contributed by atoms with Gasteiger partial charge in [0.15, 0.2) is 11.0 Å². The lowest BCUT2D eigenvalue weighted by Gasteiger charge is -2.28. The highest BCUT2D eigenvalue weighted by Crippen LogP contribution is 2.29. The summed E-state index contributed by atoms with van der Waals surface area (Å²) in [5.41, 5.74) is 1.05. The third kappa shape index (κ3) is 3.63. The van der Waals surface area contributed by atoms with Crippen molar-refractivity contribution in [2.24, 2.45) is 0 Å². The van der Waals surface area contributed by atoms with Crippen LogP contribution < -0.4 is 0 Å². The minimum absolute atomic E-state index is 0.738. The molecular weight excluding hydrogens is 318 g/mol. The van der Waals surface area contributed by atoms with Gasteiger partial charge in [-0.2, -0.15) is 0 Å². The van der Waals surface area contributed by atoms with Gasteiger partial charge in [-0.15, -0.1) is 10.2 Å². The van der Waals surface area contributed by atoms with E-state index in [1.54, 1.807) is 11.8 Å². The number of halogens is 1. The van der Waals surface area contributed by atoms with E-state index in [1.165, 1.54) is 6.42 Å². The predicted molar refractivity (Wildman–Crippen MR) is 91.1 cm³/mol. The Bertz CT molecular complexity index is 625. The average molecular weight is 338 g/mol. The summed E-state index contributed by atoms with van der Waals surface area (Å²) < 4.78 is 2.19. The smallest absolute Gasteiger partial charge is 0.193 e. The number of hydrogen-bond acceptors (Lipinski definition) is 5. The van der Waals surface area contributed by atoms with Crippen molar-refractivity contribution in [3.63, 3.8) is 0 Å². The SMILES string of the molecule is CN(C)CCCN1CSc2nnc(-c3ccc(Cl)cc3)n2C1. The molecule has 0 unspecified atom stereocenters. The highest BCUT2D eigenvalue weighted by Gasteiger charge is 2.22. The zero-order valence-electron chi connectivity index (χ0n) is 12.9. The molecule has 0 saturated carbocycles. The van der Waals surface area contributed by atoms with Gasteiger partial charge in [-0.05, 0) is 51.3 Å². The maximum Gasteiger partial charge on any atom is 0.193 e. The van der Waals surface area contributed by atoms with Gasteiger partial charge < -0.3 is 4.90 Å². The summed E-state index contributed by atoms with van der Waals surface area (Å²) in [7, 11) is 4.23. The zero-order valence-corrected chi connectivity index (χ0v) is 14.4. The van der Waals surface area contributed by atoms with E-state index in [9.17, 15) is 0 Å². The van der Waals surface area contributed by atoms with Crippen LogP contribution in [-0.2, 0) is 6.67 Å². The number of rotatable bonds is 5. The molecule has 1 aromatic heterocycles. The van der Waals surface area contributed by atoms with E-state index < -0.39 is 0 Å². The van der Waals surface area contributed by atoms with Crippen LogP contribution in [0, 0.1) is 0 Å². The lowest BCUT2D eigenvalue weighted by atomic mass is 10.2. The molecule has 3 rings (SSSR count). The van der Waals surface area contributed by atoms with Crippen LogP contribution in [-0.4, -0.2) is 57.6 Å². The fraction of sp³-hybridized carbons (Fsp3) is 0.467. The Balaban J connectivity index is 1.73. The van der Waals surface area contributed by atoms with Gasteiger partial charge in [-0.25, -0.2) is 0 Å². The van der Waals surface area contributed by atoms with E-state index in [1.807, 2.05) is 24.3 Å². The topological polar surface area (TPSA) is 37.2 Å². The van der Waals surface area contributed by atoms with Crippen molar-refractivity contribution in [2.75, 3.05) is 33.1 Å². The van der Waals surface area contributed by atoms with Crippen LogP contribution in [0.2, 0.25) is 5.02 Å². The van der Waals surface area contributed by atoms with E-state index in [0.717, 1.165) is 47.2 Å². The van der Waals surface area contributed by atoms with E-state index >= 15 is 0 Å². The number of fused-ring (bicyclic) bond motifs is 1. The normalized spacial score (nSPS) is 15.3. The number of benzene rings is 1. The summed E-state index contributed by atoms with van der Waals surface area (Å²) in [5, 5.41) is 10.4. The van der Waals surface area contributed by atoms with E-state index in [2.05, 4.69) is 38.7 Å². The van der Waals surface area contributed by atoms with Crippen LogP contribution in [0.4, 0.5) is 0 Å². The molecule has 7 heteroatoms. The summed E-state index contributed by atoms with van der Waals surface area (Å²) in [6.45, 7) is 3.05. The Labute approximate surface area is 140 Å². The zero-order chi connectivity index (χ0) is 15.5. The Morgan fingerprint density at radius 2 is 2.00 bits per heavy atom. The summed E-state index contributed by atoms with van der Waals surface area (Å²) in [4.78, 5) is 4.66. The maximum atomic E-state index is 5.96. The molecule has 0 N–H and O–H groups in total. The van der Waals surface area contributed by atoms with Crippen LogP contribution in [0.1, 0.15) is 6.42 Å². The number of hydrogen-bond donors (Lipinski definition) is 0. The molecule has 118 valence electrons. The molecule has 1 aliphatic rings. The summed E-state index contributed by atoms with van der Waals surface area (Å²) in [6.07, 6.45) is 1.17. The molecule has 0 fully saturated rings. The third-order valence-electron chi connectivity index (χ3n) is 3.62. The molecule has 5 nitrogen and oxygen atoms in total. The molecule has 0 saturated heterocycles. The Hall–Kier alpha value is -1.08. The monoisotopic (exact) mass is 337 g/mol. The maximum absolute atomic E-state index is 5.96. The van der Waals surface area contributed by atoms with Gasteiger partial charge in [0.25, 0.3) is 0 Å². The van der Waals surface area contributed by atoms with Gasteiger partial charge in [0.2, 0.25) is 0 Å². The van der Waals surface area contributed by atoms with Crippen molar-refractivity contribution in [3.8, 4) is 11.4 Å². The standard InChI is InChI=1S/C15H20ClN5S/c1-19(2)8-3-9-20-10-21-14(17-18-15(21)22-11-20)12-4-6-13(16)7-5-12/h4-7H,3,8-11H2,1-2H3. The molecule has 2 aromatic rings. The summed E-state index contributed by atoms with van der Waals surface area (Å²) in [5.74, 6) is 1.89. The molecule has 1 aromatic carbocycles. The number of aromatic nitrogens is 3. The molecule has 0 aliphatic carbocycles. The minimum atomic E-state index is 0.738. The second-order valence-electron chi connectivity index (χ2n) is 5.71. The molecule has 2 heterocycles. The Kier molecular flexibility index (Phi) is 5.03. The van der Waals surface area contributed by atoms with E-state index in [-0.39, 0.29) is 0 Å². The molecular formula is C15H20ClN5S. The number of nitrogens with zero attached hydrogens (tertiary/aromatic N) is 5. The first-order valence-electron chi connectivity index (χ1n) is 7.32. The first kappa shape index (κ1) is 15.8. The largest absolute Gasteiger partial charge is 0.309 e. The minimum Gasteiger partial charge on any atom is -0.309 e. The molecule has 0 radical (unpaired) electrons. The van der Waals surface area contributed by atoms with Gasteiger partial charge in [-0.3, -0.25) is 9.47 Å². The highest BCUT2D eigenvalue weighted by atomic mass is 35.5. The van der Waals surface area contributed by atoms with Gasteiger partial charge in [-0.1, -0.05) is 23.4 Å². The Morgan fingerprint density at radius 3 is 2.73 bits per heavy atom. The third-order valence-corrected chi connectivity index (χ3v) is 4.92. The average Bonchev–Trinajstić information content (AvgIpc) is 2.91. The van der Waals surface area contributed by atoms with Gasteiger partial charge >= 0.3 is 0 Å². The molecule has 0 amide bonds. The van der Waals surface area contributed by atoms with Crippen molar-refractivity contribution in [1.82, 2.24) is 24.6 Å². The predicted octanol–water partition coefficient (Wildman–Crippen LogP) is 2.87. The summed E-state index contributed by atoms with van der Waals surface area (Å²) in [6, 6.07) is 7.78. The fourth-order valence-electron chi connectivity index (χ4n) is 2.47. The quantitative estimate of drug-likeness (QED) is 0.838. The van der Waals surface area contributed by atoms with Crippen LogP contribution in [0.15, 0.2) is 29.4 Å². The lowest BCUT2D eigenvalue weighted by Crippen LogP contribution is -2.32. The lowest BCUT2D eigenvalue weighted by molar-refractivity contribution is 0.226. The van der Waals surface area contributed by atoms with Crippen molar-refractivity contribution < 1.29 is 0 Å². The molecule has 0 atom stereocenters.